The first kappa shape index (κ1) is 23.2. The van der Waals surface area contributed by atoms with Gasteiger partial charge in [0.25, 0.3) is 0 Å². The van der Waals surface area contributed by atoms with Crippen molar-refractivity contribution in [3.05, 3.63) is 59.6 Å². The Morgan fingerprint density at radius 2 is 1.77 bits per heavy atom. The fraction of sp³-hybridized carbons (Fsp3) is 0.364. The summed E-state index contributed by atoms with van der Waals surface area (Å²) in [6.45, 7) is 0.931. The number of rotatable bonds is 8. The first-order valence-electron chi connectivity index (χ1n) is 10.2. The molecule has 1 saturated heterocycles. The summed E-state index contributed by atoms with van der Waals surface area (Å²) < 4.78 is 27.0. The van der Waals surface area contributed by atoms with Gasteiger partial charge in [-0.2, -0.15) is 4.31 Å². The lowest BCUT2D eigenvalue weighted by molar-refractivity contribution is -0.126. The second-order valence-corrected chi connectivity index (χ2v) is 9.84. The van der Waals surface area contributed by atoms with Crippen molar-refractivity contribution in [3.63, 3.8) is 0 Å². The maximum absolute atomic E-state index is 12.8. The van der Waals surface area contributed by atoms with Crippen LogP contribution in [0.2, 0.25) is 5.02 Å². The van der Waals surface area contributed by atoms with Crippen molar-refractivity contribution in [2.24, 2.45) is 5.92 Å². The Morgan fingerprint density at radius 3 is 2.48 bits per heavy atom. The highest BCUT2D eigenvalue weighted by atomic mass is 35.5. The molecule has 1 unspecified atom stereocenters. The van der Waals surface area contributed by atoms with E-state index in [-0.39, 0.29) is 29.7 Å². The summed E-state index contributed by atoms with van der Waals surface area (Å²) in [6.07, 6.45) is 2.03. The van der Waals surface area contributed by atoms with Gasteiger partial charge in [-0.15, -0.1) is 0 Å². The molecule has 0 bridgehead atoms. The molecule has 2 aromatic rings. The van der Waals surface area contributed by atoms with E-state index in [0.717, 1.165) is 0 Å². The normalized spacial score (nSPS) is 17.1. The second-order valence-electron chi connectivity index (χ2n) is 7.46. The number of sulfonamides is 1. The van der Waals surface area contributed by atoms with Crippen LogP contribution < -0.4 is 10.6 Å². The van der Waals surface area contributed by atoms with Gasteiger partial charge in [0.2, 0.25) is 21.8 Å². The molecule has 0 saturated carbocycles. The quantitative estimate of drug-likeness (QED) is 0.587. The van der Waals surface area contributed by atoms with Gasteiger partial charge >= 0.3 is 0 Å². The Balaban J connectivity index is 1.43. The second kappa shape index (κ2) is 10.7. The van der Waals surface area contributed by atoms with Crippen molar-refractivity contribution in [1.82, 2.24) is 9.62 Å². The molecule has 2 N–H and O–H groups in total. The Morgan fingerprint density at radius 1 is 1.06 bits per heavy atom. The standard InChI is InChI=1S/C22H26ClN3O4S/c23-18-10-12-19(13-11-18)25-21(27)9-4-14-24-22(28)17-6-5-15-26(16-17)31(29,30)20-7-2-1-3-8-20/h1-3,7-8,10-13,17H,4-6,9,14-16H2,(H,24,28)(H,25,27). The summed E-state index contributed by atoms with van der Waals surface area (Å²) in [5.74, 6) is -0.712. The van der Waals surface area contributed by atoms with Crippen molar-refractivity contribution in [3.8, 4) is 0 Å². The maximum atomic E-state index is 12.8. The van der Waals surface area contributed by atoms with Crippen LogP contribution in [-0.4, -0.2) is 44.2 Å². The fourth-order valence-corrected chi connectivity index (χ4v) is 5.15. The van der Waals surface area contributed by atoms with Gasteiger partial charge in [-0.05, 0) is 55.7 Å². The zero-order valence-electron chi connectivity index (χ0n) is 17.1. The van der Waals surface area contributed by atoms with Crippen LogP contribution in [0.4, 0.5) is 5.69 Å². The number of carbonyl (C=O) groups excluding carboxylic acids is 2. The molecule has 166 valence electrons. The molecule has 31 heavy (non-hydrogen) atoms. The highest BCUT2D eigenvalue weighted by Gasteiger charge is 2.33. The number of hydrogen-bond donors (Lipinski definition) is 2. The molecule has 2 aromatic carbocycles. The van der Waals surface area contributed by atoms with Crippen molar-refractivity contribution in [1.29, 1.82) is 0 Å². The first-order chi connectivity index (χ1) is 14.9. The molecular formula is C22H26ClN3O4S. The summed E-state index contributed by atoms with van der Waals surface area (Å²) in [4.78, 5) is 24.8. The summed E-state index contributed by atoms with van der Waals surface area (Å²) in [7, 11) is -3.61. The molecule has 1 aliphatic heterocycles. The molecule has 1 heterocycles. The Kier molecular flexibility index (Phi) is 8.06. The van der Waals surface area contributed by atoms with Crippen LogP contribution in [-0.2, 0) is 19.6 Å². The van der Waals surface area contributed by atoms with Gasteiger partial charge < -0.3 is 10.6 Å². The summed E-state index contributed by atoms with van der Waals surface area (Å²) in [5, 5.41) is 6.20. The van der Waals surface area contributed by atoms with Gasteiger partial charge in [-0.25, -0.2) is 8.42 Å². The highest BCUT2D eigenvalue weighted by Crippen LogP contribution is 2.23. The minimum absolute atomic E-state index is 0.144. The summed E-state index contributed by atoms with van der Waals surface area (Å²) in [6, 6.07) is 15.1. The van der Waals surface area contributed by atoms with E-state index in [2.05, 4.69) is 10.6 Å². The zero-order chi connectivity index (χ0) is 22.3. The molecule has 7 nitrogen and oxygen atoms in total. The third-order valence-corrected chi connectivity index (χ3v) is 7.28. The van der Waals surface area contributed by atoms with Crippen molar-refractivity contribution in [2.45, 2.75) is 30.6 Å². The van der Waals surface area contributed by atoms with Crippen molar-refractivity contribution >= 4 is 39.1 Å². The van der Waals surface area contributed by atoms with E-state index in [9.17, 15) is 18.0 Å². The van der Waals surface area contributed by atoms with Gasteiger partial charge in [-0.3, -0.25) is 9.59 Å². The topological polar surface area (TPSA) is 95.6 Å². The lowest BCUT2D eigenvalue weighted by Gasteiger charge is -2.31. The van der Waals surface area contributed by atoms with E-state index in [4.69, 9.17) is 11.6 Å². The predicted octanol–water partition coefficient (Wildman–Crippen LogP) is 3.28. The van der Waals surface area contributed by atoms with Crippen molar-refractivity contribution in [2.75, 3.05) is 25.0 Å². The smallest absolute Gasteiger partial charge is 0.243 e. The van der Waals surface area contributed by atoms with Crippen LogP contribution in [0.5, 0.6) is 0 Å². The van der Waals surface area contributed by atoms with Gasteiger partial charge in [0, 0.05) is 36.8 Å². The molecule has 1 fully saturated rings. The van der Waals surface area contributed by atoms with Crippen LogP contribution >= 0.6 is 11.6 Å². The molecule has 3 rings (SSSR count). The number of benzene rings is 2. The molecule has 1 atom stereocenters. The van der Waals surface area contributed by atoms with Gasteiger partial charge in [0.05, 0.1) is 10.8 Å². The zero-order valence-corrected chi connectivity index (χ0v) is 18.7. The fourth-order valence-electron chi connectivity index (χ4n) is 3.48. The minimum atomic E-state index is -3.61. The van der Waals surface area contributed by atoms with Crippen molar-refractivity contribution < 1.29 is 18.0 Å². The predicted molar refractivity (Wildman–Crippen MR) is 120 cm³/mol. The number of halogens is 1. The van der Waals surface area contributed by atoms with E-state index in [1.807, 2.05) is 0 Å². The molecule has 0 radical (unpaired) electrons. The lowest BCUT2D eigenvalue weighted by atomic mass is 9.99. The Bertz CT molecular complexity index is 997. The van der Waals surface area contributed by atoms with E-state index >= 15 is 0 Å². The first-order valence-corrected chi connectivity index (χ1v) is 12.1. The minimum Gasteiger partial charge on any atom is -0.356 e. The van der Waals surface area contributed by atoms with Crippen LogP contribution in [0.25, 0.3) is 0 Å². The molecular weight excluding hydrogens is 438 g/mol. The number of nitrogens with zero attached hydrogens (tertiary/aromatic N) is 1. The Labute approximate surface area is 187 Å². The molecule has 1 aliphatic rings. The molecule has 0 spiro atoms. The van der Waals surface area contributed by atoms with E-state index in [1.165, 1.54) is 4.31 Å². The average Bonchev–Trinajstić information content (AvgIpc) is 2.79. The molecule has 0 aliphatic carbocycles. The molecule has 2 amide bonds. The summed E-state index contributed by atoms with van der Waals surface area (Å²) >= 11 is 5.82. The number of amides is 2. The van der Waals surface area contributed by atoms with Crippen LogP contribution in [0.1, 0.15) is 25.7 Å². The lowest BCUT2D eigenvalue weighted by Crippen LogP contribution is -2.45. The monoisotopic (exact) mass is 463 g/mol. The van der Waals surface area contributed by atoms with Crippen LogP contribution in [0, 0.1) is 5.92 Å². The van der Waals surface area contributed by atoms with E-state index < -0.39 is 15.9 Å². The van der Waals surface area contributed by atoms with Gasteiger partial charge in [-0.1, -0.05) is 29.8 Å². The van der Waals surface area contributed by atoms with Gasteiger partial charge in [0.15, 0.2) is 0 Å². The number of nitrogens with one attached hydrogen (secondary N) is 2. The summed E-state index contributed by atoms with van der Waals surface area (Å²) in [5.41, 5.74) is 0.667. The molecule has 9 heteroatoms. The largest absolute Gasteiger partial charge is 0.356 e. The van der Waals surface area contributed by atoms with Gasteiger partial charge in [0.1, 0.15) is 0 Å². The number of carbonyl (C=O) groups is 2. The number of hydrogen-bond acceptors (Lipinski definition) is 4. The Hall–Kier alpha value is -2.42. The highest BCUT2D eigenvalue weighted by molar-refractivity contribution is 7.89. The van der Waals surface area contributed by atoms with Crippen LogP contribution in [0.3, 0.4) is 0 Å². The SMILES string of the molecule is O=C(CCCNC(=O)C1CCCN(S(=O)(=O)c2ccccc2)C1)Nc1ccc(Cl)cc1. The molecule has 0 aromatic heterocycles. The van der Waals surface area contributed by atoms with E-state index in [0.29, 0.717) is 43.1 Å². The average molecular weight is 464 g/mol. The van der Waals surface area contributed by atoms with Crippen LogP contribution in [0.15, 0.2) is 59.5 Å². The number of piperidine rings is 1. The third-order valence-electron chi connectivity index (χ3n) is 5.14. The third kappa shape index (κ3) is 6.53. The van der Waals surface area contributed by atoms with E-state index in [1.54, 1.807) is 54.6 Å². The number of anilines is 1. The maximum Gasteiger partial charge on any atom is 0.243 e.